The maximum atomic E-state index is 12.2. The van der Waals surface area contributed by atoms with Gasteiger partial charge in [-0.1, -0.05) is 23.7 Å². The van der Waals surface area contributed by atoms with Crippen LogP contribution in [0, 0.1) is 0 Å². The van der Waals surface area contributed by atoms with E-state index >= 15 is 0 Å². The molecule has 3 nitrogen and oxygen atoms in total. The van der Waals surface area contributed by atoms with Gasteiger partial charge in [0.1, 0.15) is 5.75 Å². The fourth-order valence-electron chi connectivity index (χ4n) is 1.81. The Balaban J connectivity index is 2.14. The van der Waals surface area contributed by atoms with Crippen LogP contribution >= 0.6 is 11.6 Å². The first-order valence-electron chi connectivity index (χ1n) is 5.97. The highest BCUT2D eigenvalue weighted by Gasteiger charge is 2.31. The lowest BCUT2D eigenvalue weighted by molar-refractivity contribution is -0.274. The Labute approximate surface area is 124 Å². The molecule has 112 valence electrons. The fraction of sp³-hybridized carbons (Fsp3) is 0.214. The standard InChI is InChI=1S/C14H11ClF3NO2/c15-12-8-19-5-4-9(12)7-13(20)10-2-1-3-11(6-10)21-14(16,17)18/h1-6,8,13,20H,7H2. The van der Waals surface area contributed by atoms with Crippen LogP contribution in [-0.2, 0) is 6.42 Å². The van der Waals surface area contributed by atoms with Crippen molar-refractivity contribution in [2.45, 2.75) is 18.9 Å². The second kappa shape index (κ2) is 6.32. The van der Waals surface area contributed by atoms with Crippen molar-refractivity contribution in [3.8, 4) is 5.75 Å². The molecule has 0 aliphatic carbocycles. The van der Waals surface area contributed by atoms with Gasteiger partial charge in [-0.25, -0.2) is 0 Å². The lowest BCUT2D eigenvalue weighted by atomic mass is 10.0. The van der Waals surface area contributed by atoms with Gasteiger partial charge in [0.05, 0.1) is 11.1 Å². The molecule has 0 amide bonds. The summed E-state index contributed by atoms with van der Waals surface area (Å²) in [5.74, 6) is -0.375. The summed E-state index contributed by atoms with van der Waals surface area (Å²) in [7, 11) is 0. The zero-order valence-corrected chi connectivity index (χ0v) is 11.4. The predicted molar refractivity (Wildman–Crippen MR) is 71.0 cm³/mol. The molecule has 1 atom stereocenters. The third-order valence-electron chi connectivity index (χ3n) is 2.75. The van der Waals surface area contributed by atoms with Gasteiger partial charge >= 0.3 is 6.36 Å². The molecular formula is C14H11ClF3NO2. The number of aromatic nitrogens is 1. The number of aliphatic hydroxyl groups is 1. The molecule has 1 aromatic carbocycles. The minimum absolute atomic E-state index is 0.164. The topological polar surface area (TPSA) is 42.4 Å². The van der Waals surface area contributed by atoms with Crippen LogP contribution in [0.2, 0.25) is 5.02 Å². The van der Waals surface area contributed by atoms with Gasteiger partial charge < -0.3 is 9.84 Å². The van der Waals surface area contributed by atoms with Crippen molar-refractivity contribution in [2.24, 2.45) is 0 Å². The van der Waals surface area contributed by atoms with Crippen LogP contribution in [0.15, 0.2) is 42.7 Å². The molecule has 0 bridgehead atoms. The fourth-order valence-corrected chi connectivity index (χ4v) is 2.01. The second-order valence-corrected chi connectivity index (χ2v) is 4.71. The third kappa shape index (κ3) is 4.61. The molecule has 0 saturated carbocycles. The summed E-state index contributed by atoms with van der Waals surface area (Å²) in [6.45, 7) is 0. The van der Waals surface area contributed by atoms with Crippen molar-refractivity contribution in [3.63, 3.8) is 0 Å². The summed E-state index contributed by atoms with van der Waals surface area (Å²) >= 11 is 5.93. The molecule has 0 spiro atoms. The SMILES string of the molecule is OC(Cc1ccncc1Cl)c1cccc(OC(F)(F)F)c1. The van der Waals surface area contributed by atoms with Gasteiger partial charge in [0.25, 0.3) is 0 Å². The molecular weight excluding hydrogens is 307 g/mol. The van der Waals surface area contributed by atoms with Crippen molar-refractivity contribution >= 4 is 11.6 Å². The monoisotopic (exact) mass is 317 g/mol. The van der Waals surface area contributed by atoms with Gasteiger partial charge in [0.15, 0.2) is 0 Å². The van der Waals surface area contributed by atoms with E-state index in [0.29, 0.717) is 16.1 Å². The molecule has 1 heterocycles. The zero-order valence-electron chi connectivity index (χ0n) is 10.6. The molecule has 1 unspecified atom stereocenters. The smallest absolute Gasteiger partial charge is 0.406 e. The van der Waals surface area contributed by atoms with Gasteiger partial charge in [-0.15, -0.1) is 13.2 Å². The van der Waals surface area contributed by atoms with Crippen LogP contribution in [0.25, 0.3) is 0 Å². The molecule has 0 radical (unpaired) electrons. The molecule has 7 heteroatoms. The van der Waals surface area contributed by atoms with E-state index in [9.17, 15) is 18.3 Å². The summed E-state index contributed by atoms with van der Waals surface area (Å²) < 4.78 is 40.3. The van der Waals surface area contributed by atoms with Crippen molar-refractivity contribution < 1.29 is 23.0 Å². The highest BCUT2D eigenvalue weighted by Crippen LogP contribution is 2.28. The Kier molecular flexibility index (Phi) is 4.69. The van der Waals surface area contributed by atoms with Crippen LogP contribution in [0.1, 0.15) is 17.2 Å². The van der Waals surface area contributed by atoms with Crippen LogP contribution in [-0.4, -0.2) is 16.5 Å². The number of halogens is 4. The largest absolute Gasteiger partial charge is 0.573 e. The maximum Gasteiger partial charge on any atom is 0.573 e. The number of hydrogen-bond acceptors (Lipinski definition) is 3. The number of benzene rings is 1. The first-order chi connectivity index (χ1) is 9.85. The molecule has 2 aromatic rings. The van der Waals surface area contributed by atoms with E-state index in [1.807, 2.05) is 0 Å². The first-order valence-corrected chi connectivity index (χ1v) is 6.35. The first kappa shape index (κ1) is 15.6. The van der Waals surface area contributed by atoms with Crippen molar-refractivity contribution in [1.29, 1.82) is 0 Å². The Morgan fingerprint density at radius 2 is 2.05 bits per heavy atom. The van der Waals surface area contributed by atoms with Crippen molar-refractivity contribution in [3.05, 3.63) is 58.9 Å². The Morgan fingerprint density at radius 3 is 2.71 bits per heavy atom. The minimum atomic E-state index is -4.77. The zero-order chi connectivity index (χ0) is 15.5. The number of ether oxygens (including phenoxy) is 1. The number of pyridine rings is 1. The van der Waals surface area contributed by atoms with Gasteiger partial charge in [-0.3, -0.25) is 4.98 Å². The molecule has 0 fully saturated rings. The van der Waals surface area contributed by atoms with Gasteiger partial charge in [0.2, 0.25) is 0 Å². The van der Waals surface area contributed by atoms with E-state index in [4.69, 9.17) is 11.6 Å². The number of nitrogens with zero attached hydrogens (tertiary/aromatic N) is 1. The molecule has 0 saturated heterocycles. The van der Waals surface area contributed by atoms with E-state index in [1.165, 1.54) is 30.6 Å². The van der Waals surface area contributed by atoms with E-state index in [-0.39, 0.29) is 12.2 Å². The molecule has 21 heavy (non-hydrogen) atoms. The summed E-state index contributed by atoms with van der Waals surface area (Å²) in [4.78, 5) is 3.82. The normalized spacial score (nSPS) is 13.0. The minimum Gasteiger partial charge on any atom is -0.406 e. The molecule has 2 rings (SSSR count). The van der Waals surface area contributed by atoms with Crippen molar-refractivity contribution in [1.82, 2.24) is 4.98 Å². The summed E-state index contributed by atoms with van der Waals surface area (Å²) in [5, 5.41) is 10.5. The van der Waals surface area contributed by atoms with Crippen LogP contribution in [0.3, 0.4) is 0 Å². The van der Waals surface area contributed by atoms with Gasteiger partial charge in [-0.2, -0.15) is 0 Å². The van der Waals surface area contributed by atoms with Gasteiger partial charge in [-0.05, 0) is 29.3 Å². The summed E-state index contributed by atoms with van der Waals surface area (Å²) in [6, 6.07) is 6.86. The number of hydrogen-bond donors (Lipinski definition) is 1. The summed E-state index contributed by atoms with van der Waals surface area (Å²) in [5.41, 5.74) is 0.964. The Hall–Kier alpha value is -1.79. The maximum absolute atomic E-state index is 12.2. The van der Waals surface area contributed by atoms with Crippen LogP contribution in [0.5, 0.6) is 5.75 Å². The molecule has 1 aromatic heterocycles. The molecule has 0 aliphatic rings. The van der Waals surface area contributed by atoms with Crippen LogP contribution < -0.4 is 4.74 Å². The Bertz CT molecular complexity index is 619. The van der Waals surface area contributed by atoms with E-state index < -0.39 is 12.5 Å². The Morgan fingerprint density at radius 1 is 1.29 bits per heavy atom. The second-order valence-electron chi connectivity index (χ2n) is 4.31. The predicted octanol–water partition coefficient (Wildman–Crippen LogP) is 3.91. The van der Waals surface area contributed by atoms with Crippen LogP contribution in [0.4, 0.5) is 13.2 Å². The lowest BCUT2D eigenvalue weighted by Crippen LogP contribution is -2.17. The van der Waals surface area contributed by atoms with Crippen molar-refractivity contribution in [2.75, 3.05) is 0 Å². The third-order valence-corrected chi connectivity index (χ3v) is 3.09. The summed E-state index contributed by atoms with van der Waals surface area (Å²) in [6.07, 6.45) is -2.64. The number of alkyl halides is 3. The highest BCUT2D eigenvalue weighted by atomic mass is 35.5. The van der Waals surface area contributed by atoms with Gasteiger partial charge in [0, 0.05) is 18.8 Å². The average Bonchev–Trinajstić information content (AvgIpc) is 2.39. The van der Waals surface area contributed by atoms with E-state index in [2.05, 4.69) is 9.72 Å². The quantitative estimate of drug-likeness (QED) is 0.929. The molecule has 1 N–H and O–H groups in total. The highest BCUT2D eigenvalue weighted by molar-refractivity contribution is 6.31. The molecule has 0 aliphatic heterocycles. The average molecular weight is 318 g/mol. The number of rotatable bonds is 4. The lowest BCUT2D eigenvalue weighted by Gasteiger charge is -2.14. The number of aliphatic hydroxyl groups excluding tert-OH is 1. The van der Waals surface area contributed by atoms with E-state index in [0.717, 1.165) is 6.07 Å². The van der Waals surface area contributed by atoms with E-state index in [1.54, 1.807) is 6.07 Å².